The van der Waals surface area contributed by atoms with E-state index in [2.05, 4.69) is 19.9 Å². The van der Waals surface area contributed by atoms with Crippen molar-refractivity contribution in [3.8, 4) is 0 Å². The van der Waals surface area contributed by atoms with Crippen LogP contribution in [0.4, 0.5) is 0 Å². The Morgan fingerprint density at radius 3 is 2.43 bits per heavy atom. The Labute approximate surface area is 182 Å². The third kappa shape index (κ3) is 3.11. The summed E-state index contributed by atoms with van der Waals surface area (Å²) in [5, 5.41) is 21.8. The molecule has 4 rings (SSSR count). The maximum atomic E-state index is 12.4. The van der Waals surface area contributed by atoms with Gasteiger partial charge in [-0.1, -0.05) is 25.5 Å². The van der Waals surface area contributed by atoms with E-state index in [1.807, 2.05) is 20.8 Å². The van der Waals surface area contributed by atoms with Gasteiger partial charge < -0.3 is 14.9 Å². The number of fused-ring (bicyclic) bond motifs is 5. The number of carbonyl (C=O) groups is 1. The van der Waals surface area contributed by atoms with Crippen LogP contribution in [0.15, 0.2) is 11.6 Å². The second-order valence-corrected chi connectivity index (χ2v) is 12.4. The van der Waals surface area contributed by atoms with Crippen molar-refractivity contribution >= 4 is 5.97 Å². The Hall–Kier alpha value is -0.870. The SMILES string of the molecule is C[C@@H](O)[C@@]1(O)CC[C@H]2[C@@H]3CC=C4C[C@@H](OC(=O)C(C)(C)C)CC[C@]4(C)[C@H]3CC[C@@]21C. The number of allylic oxidation sites excluding steroid dienone is 1. The standard InChI is InChI=1S/C26H42O4/c1-16(27)26(29)14-11-21-19-8-7-17-15-18(30-22(28)23(2,3)4)9-12-24(17,5)20(19)10-13-25(21,26)6/h7,16,18-21,27,29H,8-15H2,1-6H3/t16-,18+,19-,20+,21+,24+,25+,26+/m1/s1. The van der Waals surface area contributed by atoms with Crippen LogP contribution < -0.4 is 0 Å². The molecule has 0 radical (unpaired) electrons. The van der Waals surface area contributed by atoms with E-state index in [0.717, 1.165) is 44.9 Å². The number of hydrogen-bond acceptors (Lipinski definition) is 4. The van der Waals surface area contributed by atoms with E-state index in [4.69, 9.17) is 4.74 Å². The van der Waals surface area contributed by atoms with Crippen molar-refractivity contribution < 1.29 is 19.7 Å². The predicted molar refractivity (Wildman–Crippen MR) is 118 cm³/mol. The molecule has 3 fully saturated rings. The van der Waals surface area contributed by atoms with Crippen LogP contribution in [0.2, 0.25) is 0 Å². The molecule has 4 aliphatic carbocycles. The molecular formula is C26H42O4. The number of ether oxygens (including phenoxy) is 1. The van der Waals surface area contributed by atoms with Crippen LogP contribution in [-0.2, 0) is 9.53 Å². The molecule has 170 valence electrons. The quantitative estimate of drug-likeness (QED) is 0.488. The maximum absolute atomic E-state index is 12.4. The summed E-state index contributed by atoms with van der Waals surface area (Å²) in [6.07, 6.45) is 9.58. The van der Waals surface area contributed by atoms with Crippen LogP contribution in [0.5, 0.6) is 0 Å². The van der Waals surface area contributed by atoms with Gasteiger partial charge in [0.25, 0.3) is 0 Å². The fraction of sp³-hybridized carbons (Fsp3) is 0.885. The van der Waals surface area contributed by atoms with Crippen molar-refractivity contribution in [2.45, 2.75) is 111 Å². The zero-order valence-corrected chi connectivity index (χ0v) is 19.8. The highest BCUT2D eigenvalue weighted by Crippen LogP contribution is 2.67. The van der Waals surface area contributed by atoms with Crippen LogP contribution >= 0.6 is 0 Å². The van der Waals surface area contributed by atoms with Crippen LogP contribution in [-0.4, -0.2) is 34.0 Å². The normalized spacial score (nSPS) is 46.9. The summed E-state index contributed by atoms with van der Waals surface area (Å²) in [5.74, 6) is 1.59. The summed E-state index contributed by atoms with van der Waals surface area (Å²) < 4.78 is 5.88. The minimum absolute atomic E-state index is 0.00765. The number of hydrogen-bond donors (Lipinski definition) is 2. The molecule has 0 aromatic heterocycles. The average Bonchev–Trinajstić information content (AvgIpc) is 2.94. The first-order chi connectivity index (χ1) is 13.8. The smallest absolute Gasteiger partial charge is 0.311 e. The highest BCUT2D eigenvalue weighted by molar-refractivity contribution is 5.75. The lowest BCUT2D eigenvalue weighted by Crippen LogP contribution is -2.58. The monoisotopic (exact) mass is 418 g/mol. The van der Waals surface area contributed by atoms with Gasteiger partial charge in [0.15, 0.2) is 0 Å². The second kappa shape index (κ2) is 7.07. The Morgan fingerprint density at radius 1 is 1.13 bits per heavy atom. The molecule has 0 aliphatic heterocycles. The van der Waals surface area contributed by atoms with Crippen LogP contribution in [0, 0.1) is 34.0 Å². The number of aliphatic hydroxyl groups excluding tert-OH is 1. The van der Waals surface area contributed by atoms with Gasteiger partial charge in [0.1, 0.15) is 6.10 Å². The van der Waals surface area contributed by atoms with Gasteiger partial charge in [-0.25, -0.2) is 0 Å². The van der Waals surface area contributed by atoms with Crippen LogP contribution in [0.3, 0.4) is 0 Å². The van der Waals surface area contributed by atoms with Gasteiger partial charge in [0, 0.05) is 11.8 Å². The molecule has 0 aromatic rings. The lowest BCUT2D eigenvalue weighted by atomic mass is 9.46. The maximum Gasteiger partial charge on any atom is 0.311 e. The van der Waals surface area contributed by atoms with Crippen molar-refractivity contribution in [3.63, 3.8) is 0 Å². The van der Waals surface area contributed by atoms with E-state index in [-0.39, 0.29) is 22.9 Å². The number of carbonyl (C=O) groups excluding carboxylic acids is 1. The molecule has 0 saturated heterocycles. The lowest BCUT2D eigenvalue weighted by Gasteiger charge is -2.59. The Balaban J connectivity index is 1.54. The van der Waals surface area contributed by atoms with E-state index >= 15 is 0 Å². The van der Waals surface area contributed by atoms with Gasteiger partial charge in [-0.3, -0.25) is 4.79 Å². The highest BCUT2D eigenvalue weighted by atomic mass is 16.5. The molecule has 30 heavy (non-hydrogen) atoms. The largest absolute Gasteiger partial charge is 0.462 e. The minimum Gasteiger partial charge on any atom is -0.462 e. The van der Waals surface area contributed by atoms with Gasteiger partial charge in [-0.15, -0.1) is 0 Å². The van der Waals surface area contributed by atoms with Gasteiger partial charge in [0.2, 0.25) is 0 Å². The van der Waals surface area contributed by atoms with E-state index in [1.54, 1.807) is 6.92 Å². The molecule has 0 spiro atoms. The van der Waals surface area contributed by atoms with Crippen molar-refractivity contribution in [3.05, 3.63) is 11.6 Å². The summed E-state index contributed by atoms with van der Waals surface area (Å²) in [5.41, 5.74) is 0.0778. The first kappa shape index (κ1) is 22.3. The zero-order chi connectivity index (χ0) is 22.1. The van der Waals surface area contributed by atoms with Gasteiger partial charge in [-0.2, -0.15) is 0 Å². The van der Waals surface area contributed by atoms with Crippen molar-refractivity contribution in [2.24, 2.45) is 34.0 Å². The molecule has 0 unspecified atom stereocenters. The summed E-state index contributed by atoms with van der Waals surface area (Å²) in [6, 6.07) is 0. The van der Waals surface area contributed by atoms with E-state index in [1.165, 1.54) is 5.57 Å². The van der Waals surface area contributed by atoms with Crippen molar-refractivity contribution in [1.29, 1.82) is 0 Å². The van der Waals surface area contributed by atoms with Crippen LogP contribution in [0.1, 0.15) is 92.9 Å². The summed E-state index contributed by atoms with van der Waals surface area (Å²) >= 11 is 0. The Bertz CT molecular complexity index is 734. The molecule has 4 aliphatic rings. The summed E-state index contributed by atoms with van der Waals surface area (Å²) in [7, 11) is 0. The average molecular weight is 419 g/mol. The van der Waals surface area contributed by atoms with E-state index in [0.29, 0.717) is 24.2 Å². The first-order valence-corrected chi connectivity index (χ1v) is 12.1. The third-order valence-corrected chi connectivity index (χ3v) is 9.85. The molecule has 4 nitrogen and oxygen atoms in total. The molecule has 0 bridgehead atoms. The topological polar surface area (TPSA) is 66.8 Å². The molecule has 8 atom stereocenters. The fourth-order valence-electron chi connectivity index (χ4n) is 7.79. The number of aliphatic hydroxyl groups is 2. The predicted octanol–water partition coefficient (Wildman–Crippen LogP) is 5.02. The second-order valence-electron chi connectivity index (χ2n) is 12.4. The summed E-state index contributed by atoms with van der Waals surface area (Å²) in [6.45, 7) is 12.2. The van der Waals surface area contributed by atoms with Crippen LogP contribution in [0.25, 0.3) is 0 Å². The highest BCUT2D eigenvalue weighted by Gasteiger charge is 2.65. The molecule has 4 heteroatoms. The molecule has 0 heterocycles. The zero-order valence-electron chi connectivity index (χ0n) is 19.8. The Kier molecular flexibility index (Phi) is 5.26. The van der Waals surface area contributed by atoms with Gasteiger partial charge in [-0.05, 0) is 95.8 Å². The fourth-order valence-corrected chi connectivity index (χ4v) is 7.79. The first-order valence-electron chi connectivity index (χ1n) is 12.1. The summed E-state index contributed by atoms with van der Waals surface area (Å²) in [4.78, 5) is 12.4. The minimum atomic E-state index is -0.952. The molecule has 2 N–H and O–H groups in total. The Morgan fingerprint density at radius 2 is 1.80 bits per heavy atom. The third-order valence-electron chi connectivity index (χ3n) is 9.85. The molecule has 3 saturated carbocycles. The van der Waals surface area contributed by atoms with Gasteiger partial charge >= 0.3 is 5.97 Å². The van der Waals surface area contributed by atoms with E-state index < -0.39 is 17.1 Å². The van der Waals surface area contributed by atoms with Crippen molar-refractivity contribution in [2.75, 3.05) is 0 Å². The molecule has 0 aromatic carbocycles. The number of esters is 1. The molecular weight excluding hydrogens is 376 g/mol. The van der Waals surface area contributed by atoms with Gasteiger partial charge in [0.05, 0.1) is 17.1 Å². The van der Waals surface area contributed by atoms with Crippen molar-refractivity contribution in [1.82, 2.24) is 0 Å². The van der Waals surface area contributed by atoms with E-state index in [9.17, 15) is 15.0 Å². The lowest BCUT2D eigenvalue weighted by molar-refractivity contribution is -0.172. The molecule has 0 amide bonds. The number of rotatable bonds is 2.